The van der Waals surface area contributed by atoms with E-state index in [4.69, 9.17) is 9.72 Å². The van der Waals surface area contributed by atoms with Crippen molar-refractivity contribution in [3.63, 3.8) is 0 Å². The Morgan fingerprint density at radius 2 is 1.80 bits per heavy atom. The van der Waals surface area contributed by atoms with Gasteiger partial charge in [0.05, 0.1) is 13.2 Å². The Labute approximate surface area is 147 Å². The summed E-state index contributed by atoms with van der Waals surface area (Å²) >= 11 is 0. The van der Waals surface area contributed by atoms with Gasteiger partial charge in [0.2, 0.25) is 5.95 Å². The van der Waals surface area contributed by atoms with Crippen LogP contribution in [0.5, 0.6) is 0 Å². The number of morpholine rings is 1. The highest BCUT2D eigenvalue weighted by molar-refractivity contribution is 5.45. The Hall–Kier alpha value is -2.48. The van der Waals surface area contributed by atoms with E-state index in [9.17, 15) is 0 Å². The largest absolute Gasteiger partial charge is 0.378 e. The first-order chi connectivity index (χ1) is 12.4. The highest BCUT2D eigenvalue weighted by Gasteiger charge is 2.21. The van der Waals surface area contributed by atoms with Crippen LogP contribution in [0.15, 0.2) is 30.9 Å². The second-order valence-corrected chi connectivity index (χ2v) is 6.31. The molecule has 0 radical (unpaired) electrons. The molecule has 0 bridgehead atoms. The summed E-state index contributed by atoms with van der Waals surface area (Å²) in [4.78, 5) is 21.9. The molecule has 2 aromatic rings. The molecule has 0 saturated carbocycles. The third-order valence-corrected chi connectivity index (χ3v) is 4.68. The summed E-state index contributed by atoms with van der Waals surface area (Å²) in [6.45, 7) is 5.15. The van der Waals surface area contributed by atoms with Gasteiger partial charge < -0.3 is 19.9 Å². The molecule has 0 aliphatic carbocycles. The Balaban J connectivity index is 1.36. The molecule has 2 aromatic heterocycles. The van der Waals surface area contributed by atoms with Gasteiger partial charge in [-0.15, -0.1) is 0 Å². The lowest BCUT2D eigenvalue weighted by atomic mass is 10.1. The molecule has 0 amide bonds. The quantitative estimate of drug-likeness (QED) is 0.888. The van der Waals surface area contributed by atoms with E-state index in [-0.39, 0.29) is 0 Å². The van der Waals surface area contributed by atoms with E-state index in [0.29, 0.717) is 6.04 Å². The van der Waals surface area contributed by atoms with Crippen LogP contribution in [0, 0.1) is 0 Å². The molecule has 25 heavy (non-hydrogen) atoms. The third kappa shape index (κ3) is 3.96. The first kappa shape index (κ1) is 16.0. The molecule has 2 aliphatic rings. The van der Waals surface area contributed by atoms with E-state index in [1.165, 1.54) is 0 Å². The van der Waals surface area contributed by atoms with E-state index in [0.717, 1.165) is 69.8 Å². The average molecular weight is 341 g/mol. The van der Waals surface area contributed by atoms with Crippen molar-refractivity contribution in [3.8, 4) is 0 Å². The van der Waals surface area contributed by atoms with E-state index in [1.54, 1.807) is 12.5 Å². The molecule has 8 heteroatoms. The molecule has 4 heterocycles. The molecule has 0 aromatic carbocycles. The molecule has 4 rings (SSSR count). The van der Waals surface area contributed by atoms with Crippen LogP contribution in [0.4, 0.5) is 17.6 Å². The zero-order valence-electron chi connectivity index (χ0n) is 14.2. The second-order valence-electron chi connectivity index (χ2n) is 6.31. The highest BCUT2D eigenvalue weighted by atomic mass is 16.5. The number of aromatic nitrogens is 4. The Bertz CT molecular complexity index is 670. The van der Waals surface area contributed by atoms with Gasteiger partial charge >= 0.3 is 0 Å². The predicted molar refractivity (Wildman–Crippen MR) is 96.0 cm³/mol. The van der Waals surface area contributed by atoms with Gasteiger partial charge in [0.15, 0.2) is 0 Å². The number of hydrogen-bond acceptors (Lipinski definition) is 8. The van der Waals surface area contributed by atoms with Crippen molar-refractivity contribution in [2.75, 3.05) is 54.5 Å². The molecule has 0 unspecified atom stereocenters. The summed E-state index contributed by atoms with van der Waals surface area (Å²) in [5.41, 5.74) is 0. The second kappa shape index (κ2) is 7.60. The smallest absolute Gasteiger partial charge is 0.227 e. The van der Waals surface area contributed by atoms with E-state index in [2.05, 4.69) is 30.1 Å². The van der Waals surface area contributed by atoms with E-state index in [1.807, 2.05) is 18.3 Å². The first-order valence-electron chi connectivity index (χ1n) is 8.82. The summed E-state index contributed by atoms with van der Waals surface area (Å²) in [6, 6.07) is 4.35. The van der Waals surface area contributed by atoms with Gasteiger partial charge in [-0.1, -0.05) is 0 Å². The lowest BCUT2D eigenvalue weighted by molar-refractivity contribution is 0.122. The molecule has 0 spiro atoms. The summed E-state index contributed by atoms with van der Waals surface area (Å²) in [7, 11) is 0. The Kier molecular flexibility index (Phi) is 4.87. The normalized spacial score (nSPS) is 19.0. The monoisotopic (exact) mass is 341 g/mol. The minimum absolute atomic E-state index is 0.437. The van der Waals surface area contributed by atoms with Gasteiger partial charge in [-0.2, -0.15) is 4.98 Å². The lowest BCUT2D eigenvalue weighted by Gasteiger charge is -2.34. The summed E-state index contributed by atoms with van der Waals surface area (Å²) in [5, 5.41) is 3.48. The summed E-state index contributed by atoms with van der Waals surface area (Å²) in [5.74, 6) is 2.71. The minimum atomic E-state index is 0.437. The van der Waals surface area contributed by atoms with Gasteiger partial charge in [-0.25, -0.2) is 15.0 Å². The van der Waals surface area contributed by atoms with E-state index < -0.39 is 0 Å². The van der Waals surface area contributed by atoms with Gasteiger partial charge in [0.1, 0.15) is 18.0 Å². The molecular formula is C17H23N7O. The maximum atomic E-state index is 5.40. The van der Waals surface area contributed by atoms with Crippen molar-refractivity contribution in [3.05, 3.63) is 30.9 Å². The fourth-order valence-corrected chi connectivity index (χ4v) is 3.27. The molecule has 1 N–H and O–H groups in total. The molecular weight excluding hydrogens is 318 g/mol. The number of hydrogen-bond donors (Lipinski definition) is 1. The zero-order valence-corrected chi connectivity index (χ0v) is 14.2. The average Bonchev–Trinajstić information content (AvgIpc) is 2.70. The number of anilines is 3. The maximum absolute atomic E-state index is 5.40. The molecule has 2 saturated heterocycles. The van der Waals surface area contributed by atoms with Crippen molar-refractivity contribution in [1.29, 1.82) is 0 Å². The summed E-state index contributed by atoms with van der Waals surface area (Å²) in [6.07, 6.45) is 7.31. The van der Waals surface area contributed by atoms with Crippen LogP contribution in [0.1, 0.15) is 12.8 Å². The lowest BCUT2D eigenvalue weighted by Crippen LogP contribution is -2.40. The van der Waals surface area contributed by atoms with Gasteiger partial charge in [0.25, 0.3) is 0 Å². The molecule has 0 atom stereocenters. The van der Waals surface area contributed by atoms with E-state index >= 15 is 0 Å². The van der Waals surface area contributed by atoms with Crippen LogP contribution in [0.25, 0.3) is 0 Å². The Morgan fingerprint density at radius 1 is 0.960 bits per heavy atom. The van der Waals surface area contributed by atoms with Crippen molar-refractivity contribution in [1.82, 2.24) is 19.9 Å². The van der Waals surface area contributed by atoms with Crippen LogP contribution < -0.4 is 15.1 Å². The van der Waals surface area contributed by atoms with Crippen LogP contribution in [0.2, 0.25) is 0 Å². The molecule has 132 valence electrons. The number of rotatable bonds is 4. The fourth-order valence-electron chi connectivity index (χ4n) is 3.27. The van der Waals surface area contributed by atoms with Crippen LogP contribution in [-0.4, -0.2) is 65.4 Å². The van der Waals surface area contributed by atoms with Gasteiger partial charge in [-0.05, 0) is 25.0 Å². The highest BCUT2D eigenvalue weighted by Crippen LogP contribution is 2.21. The molecule has 2 fully saturated rings. The zero-order chi connectivity index (χ0) is 16.9. The first-order valence-corrected chi connectivity index (χ1v) is 8.82. The van der Waals surface area contributed by atoms with Crippen LogP contribution in [0.3, 0.4) is 0 Å². The standard InChI is InChI=1S/C17H23N7O/c1-5-18-13-20-15(1)21-14-3-7-23(8-4-14)16-2-6-19-17(22-16)24-9-11-25-12-10-24/h1-2,5-6,13-14H,3-4,7-12H2,(H,18,20,21). The number of piperidine rings is 1. The van der Waals surface area contributed by atoms with Crippen LogP contribution >= 0.6 is 0 Å². The van der Waals surface area contributed by atoms with Gasteiger partial charge in [-0.3, -0.25) is 0 Å². The third-order valence-electron chi connectivity index (χ3n) is 4.68. The van der Waals surface area contributed by atoms with Crippen molar-refractivity contribution in [2.24, 2.45) is 0 Å². The number of ether oxygens (including phenoxy) is 1. The molecule has 8 nitrogen and oxygen atoms in total. The maximum Gasteiger partial charge on any atom is 0.227 e. The molecule has 2 aliphatic heterocycles. The van der Waals surface area contributed by atoms with Crippen molar-refractivity contribution in [2.45, 2.75) is 18.9 Å². The van der Waals surface area contributed by atoms with Crippen molar-refractivity contribution < 1.29 is 4.74 Å². The van der Waals surface area contributed by atoms with Gasteiger partial charge in [0, 0.05) is 44.6 Å². The summed E-state index contributed by atoms with van der Waals surface area (Å²) < 4.78 is 5.40. The van der Waals surface area contributed by atoms with Crippen LogP contribution in [-0.2, 0) is 4.74 Å². The van der Waals surface area contributed by atoms with Crippen molar-refractivity contribution >= 4 is 17.6 Å². The minimum Gasteiger partial charge on any atom is -0.378 e. The number of nitrogens with zero attached hydrogens (tertiary/aromatic N) is 6. The Morgan fingerprint density at radius 3 is 2.56 bits per heavy atom. The number of nitrogens with one attached hydrogen (secondary N) is 1. The predicted octanol–water partition coefficient (Wildman–Crippen LogP) is 1.18. The SMILES string of the molecule is c1cc(NC2CCN(c3ccnc(N4CCOCC4)n3)CC2)ncn1. The fraction of sp³-hybridized carbons (Fsp3) is 0.529. The topological polar surface area (TPSA) is 79.3 Å².